The molecule has 0 aliphatic heterocycles. The van der Waals surface area contributed by atoms with E-state index in [1.54, 1.807) is 0 Å². The van der Waals surface area contributed by atoms with Gasteiger partial charge in [0.25, 0.3) is 0 Å². The van der Waals surface area contributed by atoms with Gasteiger partial charge in [0.05, 0.1) is 6.20 Å². The van der Waals surface area contributed by atoms with Crippen LogP contribution in [0.1, 0.15) is 51.0 Å². The average Bonchev–Trinajstić information content (AvgIpc) is 3.16. The maximum atomic E-state index is 4.34. The largest absolute Gasteiger partial charge is 0.356 e. The van der Waals surface area contributed by atoms with Crippen LogP contribution in [-0.2, 0) is 6.54 Å². The van der Waals surface area contributed by atoms with Gasteiger partial charge in [0.2, 0.25) is 0 Å². The van der Waals surface area contributed by atoms with Gasteiger partial charge >= 0.3 is 0 Å². The van der Waals surface area contributed by atoms with Crippen molar-refractivity contribution in [3.05, 3.63) is 18.0 Å². The van der Waals surface area contributed by atoms with E-state index in [1.165, 1.54) is 37.7 Å². The zero-order valence-corrected chi connectivity index (χ0v) is 17.1. The average molecular weight is 433 g/mol. The van der Waals surface area contributed by atoms with E-state index in [-0.39, 0.29) is 24.0 Å². The second-order valence-corrected chi connectivity index (χ2v) is 6.55. The highest BCUT2D eigenvalue weighted by atomic mass is 127. The Bertz CT molecular complexity index is 477. The van der Waals surface area contributed by atoms with E-state index < -0.39 is 0 Å². The number of nitrogens with one attached hydrogen (secondary N) is 2. The number of aryl methyl sites for hydroxylation is 2. The van der Waals surface area contributed by atoms with Gasteiger partial charge in [-0.15, -0.1) is 24.0 Å². The molecule has 0 spiro atoms. The molecule has 5 nitrogen and oxygen atoms in total. The molecule has 0 saturated heterocycles. The van der Waals surface area contributed by atoms with Crippen LogP contribution in [0.15, 0.2) is 17.4 Å². The van der Waals surface area contributed by atoms with Crippen molar-refractivity contribution in [3.8, 4) is 0 Å². The number of hydrogen-bond donors (Lipinski definition) is 2. The number of halogens is 1. The van der Waals surface area contributed by atoms with Crippen LogP contribution in [0.25, 0.3) is 0 Å². The van der Waals surface area contributed by atoms with Gasteiger partial charge < -0.3 is 10.6 Å². The minimum Gasteiger partial charge on any atom is -0.356 e. The molecule has 0 atom stereocenters. The van der Waals surface area contributed by atoms with Crippen molar-refractivity contribution in [2.24, 2.45) is 10.4 Å². The fourth-order valence-electron chi connectivity index (χ4n) is 3.31. The van der Waals surface area contributed by atoms with Crippen LogP contribution >= 0.6 is 24.0 Å². The van der Waals surface area contributed by atoms with Gasteiger partial charge in [-0.25, -0.2) is 0 Å². The molecule has 0 aromatic carbocycles. The second-order valence-electron chi connectivity index (χ2n) is 6.55. The van der Waals surface area contributed by atoms with Crippen LogP contribution in [0.5, 0.6) is 0 Å². The molecule has 0 bridgehead atoms. The first-order valence-electron chi connectivity index (χ1n) is 8.61. The van der Waals surface area contributed by atoms with Crippen LogP contribution in [0.4, 0.5) is 0 Å². The Labute approximate surface area is 157 Å². The number of nitrogens with zero attached hydrogens (tertiary/aromatic N) is 3. The van der Waals surface area contributed by atoms with E-state index in [9.17, 15) is 0 Å². The topological polar surface area (TPSA) is 54.2 Å². The summed E-state index contributed by atoms with van der Waals surface area (Å²) in [6.07, 6.45) is 11.8. The number of rotatable bonds is 7. The number of aromatic nitrogens is 2. The predicted molar refractivity (Wildman–Crippen MR) is 108 cm³/mol. The Balaban J connectivity index is 0.00000264. The maximum Gasteiger partial charge on any atom is 0.190 e. The standard InChI is InChI=1S/C17H31N5.HI/c1-4-17(8-5-6-9-17)14-20-16(18-3)19-10-7-11-22-13-15(2)12-21-22;/h12-13H,4-11,14H2,1-3H3,(H2,18,19,20);1H. The summed E-state index contributed by atoms with van der Waals surface area (Å²) in [5.74, 6) is 0.927. The summed E-state index contributed by atoms with van der Waals surface area (Å²) >= 11 is 0. The van der Waals surface area contributed by atoms with Crippen LogP contribution in [0.2, 0.25) is 0 Å². The smallest absolute Gasteiger partial charge is 0.190 e. The fraction of sp³-hybridized carbons (Fsp3) is 0.765. The summed E-state index contributed by atoms with van der Waals surface area (Å²) < 4.78 is 2.00. The summed E-state index contributed by atoms with van der Waals surface area (Å²) in [6.45, 7) is 7.28. The minimum absolute atomic E-state index is 0. The highest BCUT2D eigenvalue weighted by Gasteiger charge is 2.31. The molecular formula is C17H32IN5. The predicted octanol–water partition coefficient (Wildman–Crippen LogP) is 3.34. The molecule has 2 N–H and O–H groups in total. The van der Waals surface area contributed by atoms with Gasteiger partial charge in [-0.05, 0) is 43.6 Å². The molecule has 23 heavy (non-hydrogen) atoms. The lowest BCUT2D eigenvalue weighted by molar-refractivity contribution is 0.283. The highest BCUT2D eigenvalue weighted by Crippen LogP contribution is 2.40. The summed E-state index contributed by atoms with van der Waals surface area (Å²) in [7, 11) is 1.85. The zero-order chi connectivity index (χ0) is 15.8. The van der Waals surface area contributed by atoms with Crippen molar-refractivity contribution < 1.29 is 0 Å². The molecule has 2 rings (SSSR count). The van der Waals surface area contributed by atoms with E-state index in [0.29, 0.717) is 5.41 Å². The molecule has 1 fully saturated rings. The van der Waals surface area contributed by atoms with Gasteiger partial charge in [-0.2, -0.15) is 5.10 Å². The van der Waals surface area contributed by atoms with Gasteiger partial charge in [0, 0.05) is 32.9 Å². The van der Waals surface area contributed by atoms with Crippen molar-refractivity contribution in [1.82, 2.24) is 20.4 Å². The summed E-state index contributed by atoms with van der Waals surface area (Å²) in [6, 6.07) is 0. The van der Waals surface area contributed by atoms with Crippen molar-refractivity contribution in [1.29, 1.82) is 0 Å². The Kier molecular flexibility index (Phi) is 8.94. The molecule has 0 radical (unpaired) electrons. The highest BCUT2D eigenvalue weighted by molar-refractivity contribution is 14.0. The van der Waals surface area contributed by atoms with E-state index in [0.717, 1.165) is 32.0 Å². The monoisotopic (exact) mass is 433 g/mol. The van der Waals surface area contributed by atoms with Gasteiger partial charge in [0.15, 0.2) is 5.96 Å². The summed E-state index contributed by atoms with van der Waals surface area (Å²) in [5.41, 5.74) is 1.70. The van der Waals surface area contributed by atoms with E-state index in [4.69, 9.17) is 0 Å². The second kappa shape index (κ2) is 10.2. The molecule has 1 aliphatic carbocycles. The zero-order valence-electron chi connectivity index (χ0n) is 14.8. The molecule has 1 aromatic heterocycles. The number of aliphatic imine (C=N–C) groups is 1. The van der Waals surface area contributed by atoms with Crippen LogP contribution < -0.4 is 10.6 Å². The molecule has 6 heteroatoms. The number of hydrogen-bond acceptors (Lipinski definition) is 2. The SMILES string of the molecule is CCC1(CNC(=NC)NCCCn2cc(C)cn2)CCCC1.I. The Morgan fingerprint density at radius 3 is 2.65 bits per heavy atom. The fourth-order valence-corrected chi connectivity index (χ4v) is 3.31. The number of guanidine groups is 1. The van der Waals surface area contributed by atoms with Crippen molar-refractivity contribution in [2.45, 2.75) is 58.9 Å². The Morgan fingerprint density at radius 2 is 2.09 bits per heavy atom. The molecule has 1 saturated carbocycles. The van der Waals surface area contributed by atoms with Crippen molar-refractivity contribution >= 4 is 29.9 Å². The molecule has 1 aromatic rings. The Hall–Kier alpha value is -0.790. The van der Waals surface area contributed by atoms with Gasteiger partial charge in [-0.1, -0.05) is 19.8 Å². The summed E-state index contributed by atoms with van der Waals surface area (Å²) in [5, 5.41) is 11.2. The third-order valence-electron chi connectivity index (χ3n) is 4.89. The first-order chi connectivity index (χ1) is 10.7. The van der Waals surface area contributed by atoms with Crippen molar-refractivity contribution in [3.63, 3.8) is 0 Å². The Morgan fingerprint density at radius 1 is 1.35 bits per heavy atom. The minimum atomic E-state index is 0. The van der Waals surface area contributed by atoms with Crippen LogP contribution in [-0.4, -0.2) is 35.9 Å². The van der Waals surface area contributed by atoms with E-state index in [1.807, 2.05) is 17.9 Å². The molecule has 132 valence electrons. The van der Waals surface area contributed by atoms with Gasteiger partial charge in [-0.3, -0.25) is 9.67 Å². The van der Waals surface area contributed by atoms with Crippen LogP contribution in [0.3, 0.4) is 0 Å². The van der Waals surface area contributed by atoms with Crippen molar-refractivity contribution in [2.75, 3.05) is 20.1 Å². The molecule has 1 aliphatic rings. The van der Waals surface area contributed by atoms with Crippen LogP contribution in [0, 0.1) is 12.3 Å². The first kappa shape index (κ1) is 20.3. The quantitative estimate of drug-likeness (QED) is 0.300. The lowest BCUT2D eigenvalue weighted by Crippen LogP contribution is -2.43. The summed E-state index contributed by atoms with van der Waals surface area (Å²) in [4.78, 5) is 4.34. The molecular weight excluding hydrogens is 401 g/mol. The maximum absolute atomic E-state index is 4.34. The third-order valence-corrected chi connectivity index (χ3v) is 4.89. The third kappa shape index (κ3) is 6.31. The first-order valence-corrected chi connectivity index (χ1v) is 8.61. The lowest BCUT2D eigenvalue weighted by atomic mass is 9.83. The normalized spacial score (nSPS) is 16.9. The lowest BCUT2D eigenvalue weighted by Gasteiger charge is -2.28. The van der Waals surface area contributed by atoms with E-state index >= 15 is 0 Å². The molecule has 1 heterocycles. The molecule has 0 amide bonds. The molecule has 0 unspecified atom stereocenters. The van der Waals surface area contributed by atoms with E-state index in [2.05, 4.69) is 40.8 Å². The van der Waals surface area contributed by atoms with Gasteiger partial charge in [0.1, 0.15) is 0 Å².